The molecule has 1 saturated carbocycles. The molecular weight excluding hydrogens is 464 g/mol. The fraction of sp³-hybridized carbons (Fsp3) is 0.367. The van der Waals surface area contributed by atoms with Crippen LogP contribution in [0.5, 0.6) is 0 Å². The Morgan fingerprint density at radius 2 is 1.59 bits per heavy atom. The number of carbonyl (C=O) groups is 3. The molecule has 0 saturated heterocycles. The minimum atomic E-state index is -0.880. The van der Waals surface area contributed by atoms with Crippen LogP contribution in [-0.2, 0) is 29.0 Å². The van der Waals surface area contributed by atoms with Gasteiger partial charge in [0.2, 0.25) is 11.8 Å². The van der Waals surface area contributed by atoms with Crippen molar-refractivity contribution in [2.45, 2.75) is 69.6 Å². The normalized spacial score (nSPS) is 18.6. The highest BCUT2D eigenvalue weighted by Crippen LogP contribution is 2.25. The topological polar surface area (TPSA) is 105 Å². The predicted octanol–water partition coefficient (Wildman–Crippen LogP) is 3.82. The van der Waals surface area contributed by atoms with Crippen LogP contribution in [0.15, 0.2) is 66.7 Å². The van der Waals surface area contributed by atoms with E-state index in [1.165, 1.54) is 6.42 Å². The minimum absolute atomic E-state index is 0.133. The lowest BCUT2D eigenvalue weighted by Gasteiger charge is -2.37. The summed E-state index contributed by atoms with van der Waals surface area (Å²) in [6.07, 6.45) is 6.00. The monoisotopic (exact) mass is 498 g/mol. The lowest BCUT2D eigenvalue weighted by Crippen LogP contribution is -2.59. The van der Waals surface area contributed by atoms with Gasteiger partial charge in [0, 0.05) is 25.4 Å². The van der Waals surface area contributed by atoms with Gasteiger partial charge in [-0.1, -0.05) is 86.0 Å². The van der Waals surface area contributed by atoms with E-state index >= 15 is 0 Å². The third-order valence-electron chi connectivity index (χ3n) is 7.66. The summed E-state index contributed by atoms with van der Waals surface area (Å²) in [6, 6.07) is 20.1. The molecule has 5 rings (SSSR count). The van der Waals surface area contributed by atoms with Crippen LogP contribution >= 0.6 is 0 Å². The van der Waals surface area contributed by atoms with Crippen LogP contribution in [-0.4, -0.2) is 40.9 Å². The number of amides is 4. The van der Waals surface area contributed by atoms with Crippen LogP contribution in [0.2, 0.25) is 0 Å². The zero-order valence-corrected chi connectivity index (χ0v) is 21.0. The highest BCUT2D eigenvalue weighted by atomic mass is 16.2. The zero-order valence-electron chi connectivity index (χ0n) is 21.0. The molecule has 3 aromatic rings. The number of fused-ring (bicyclic) bond motifs is 2. The van der Waals surface area contributed by atoms with Crippen LogP contribution in [0, 0.1) is 0 Å². The third-order valence-corrected chi connectivity index (χ3v) is 7.66. The average molecular weight is 499 g/mol. The minimum Gasteiger partial charge on any atom is -0.368 e. The lowest BCUT2D eigenvalue weighted by molar-refractivity contribution is -0.130. The first-order valence-corrected chi connectivity index (χ1v) is 13.2. The Balaban J connectivity index is 1.34. The van der Waals surface area contributed by atoms with Gasteiger partial charge in [0.05, 0.1) is 0 Å². The molecule has 0 aromatic heterocycles. The Morgan fingerprint density at radius 3 is 2.35 bits per heavy atom. The molecule has 4 amide bonds. The number of carbonyl (C=O) groups excluding carboxylic acids is 3. The molecule has 37 heavy (non-hydrogen) atoms. The molecule has 1 unspecified atom stereocenters. The van der Waals surface area contributed by atoms with Crippen LogP contribution in [0.4, 0.5) is 4.79 Å². The predicted molar refractivity (Wildman–Crippen MR) is 144 cm³/mol. The second kappa shape index (κ2) is 11.0. The summed E-state index contributed by atoms with van der Waals surface area (Å²) >= 11 is 0. The fourth-order valence-corrected chi connectivity index (χ4v) is 5.57. The van der Waals surface area contributed by atoms with Gasteiger partial charge >= 0.3 is 6.03 Å². The van der Waals surface area contributed by atoms with Gasteiger partial charge in [-0.3, -0.25) is 9.59 Å². The summed E-state index contributed by atoms with van der Waals surface area (Å²) in [7, 11) is 0. The molecule has 7 heteroatoms. The van der Waals surface area contributed by atoms with Gasteiger partial charge in [-0.15, -0.1) is 0 Å². The highest BCUT2D eigenvalue weighted by Gasteiger charge is 2.36. The Hall–Kier alpha value is -3.87. The maximum absolute atomic E-state index is 13.6. The van der Waals surface area contributed by atoms with E-state index in [1.807, 2.05) is 66.7 Å². The summed E-state index contributed by atoms with van der Waals surface area (Å²) < 4.78 is 0. The summed E-state index contributed by atoms with van der Waals surface area (Å²) in [5, 5.41) is 8.18. The number of nitrogens with one attached hydrogen (secondary N) is 2. The second-order valence-corrected chi connectivity index (χ2v) is 10.3. The van der Waals surface area contributed by atoms with E-state index in [0.29, 0.717) is 13.0 Å². The van der Waals surface area contributed by atoms with Crippen molar-refractivity contribution >= 4 is 28.6 Å². The standard InChI is InChI=1S/C30H34N4O3/c31-28(35)26(17-20-14-15-21-8-4-5-9-22(21)16-20)33-29(36)27-18-23-10-6-7-11-24(23)19-34(27)30(37)32-25-12-2-1-3-13-25/h4-11,14-16,25-27H,1-3,12-13,17-19H2,(H2,31,35)(H,32,37)(H,33,36)/t26?,27-/m0/s1. The summed E-state index contributed by atoms with van der Waals surface area (Å²) in [5.41, 5.74) is 8.70. The number of urea groups is 1. The van der Waals surface area contributed by atoms with Crippen molar-refractivity contribution in [2.75, 3.05) is 0 Å². The average Bonchev–Trinajstić information content (AvgIpc) is 2.92. The molecule has 0 spiro atoms. The molecule has 3 aromatic carbocycles. The molecular formula is C30H34N4O3. The van der Waals surface area contributed by atoms with E-state index in [0.717, 1.165) is 53.1 Å². The van der Waals surface area contributed by atoms with Gasteiger partial charge in [0.15, 0.2) is 0 Å². The molecule has 1 aliphatic heterocycles. The van der Waals surface area contributed by atoms with Crippen molar-refractivity contribution in [3.8, 4) is 0 Å². The van der Waals surface area contributed by atoms with Gasteiger partial charge in [0.25, 0.3) is 0 Å². The van der Waals surface area contributed by atoms with Crippen molar-refractivity contribution in [2.24, 2.45) is 5.73 Å². The number of primary amides is 1. The Kier molecular flexibility index (Phi) is 7.40. The first-order valence-electron chi connectivity index (χ1n) is 13.2. The molecule has 2 aliphatic rings. The van der Waals surface area contributed by atoms with E-state index < -0.39 is 18.0 Å². The Morgan fingerprint density at radius 1 is 0.892 bits per heavy atom. The van der Waals surface area contributed by atoms with E-state index in [-0.39, 0.29) is 24.4 Å². The number of rotatable bonds is 6. The van der Waals surface area contributed by atoms with Crippen LogP contribution in [0.25, 0.3) is 10.8 Å². The van der Waals surface area contributed by atoms with Gasteiger partial charge in [-0.2, -0.15) is 0 Å². The molecule has 1 aliphatic carbocycles. The maximum Gasteiger partial charge on any atom is 0.318 e. The Bertz CT molecular complexity index is 1300. The summed E-state index contributed by atoms with van der Waals surface area (Å²) in [5.74, 6) is -0.964. The highest BCUT2D eigenvalue weighted by molar-refractivity contribution is 5.92. The molecule has 4 N–H and O–H groups in total. The number of benzene rings is 3. The molecule has 1 fully saturated rings. The van der Waals surface area contributed by atoms with Crippen molar-refractivity contribution in [1.29, 1.82) is 0 Å². The van der Waals surface area contributed by atoms with Crippen molar-refractivity contribution in [3.63, 3.8) is 0 Å². The van der Waals surface area contributed by atoms with Crippen LogP contribution in [0.3, 0.4) is 0 Å². The maximum atomic E-state index is 13.6. The Labute approximate surface area is 217 Å². The summed E-state index contributed by atoms with van der Waals surface area (Å²) in [6.45, 7) is 0.346. The molecule has 1 heterocycles. The van der Waals surface area contributed by atoms with E-state index in [4.69, 9.17) is 5.73 Å². The number of hydrogen-bond acceptors (Lipinski definition) is 3. The second-order valence-electron chi connectivity index (χ2n) is 10.3. The lowest BCUT2D eigenvalue weighted by atomic mass is 9.92. The van der Waals surface area contributed by atoms with Crippen molar-refractivity contribution < 1.29 is 14.4 Å². The van der Waals surface area contributed by atoms with Crippen molar-refractivity contribution in [1.82, 2.24) is 15.5 Å². The smallest absolute Gasteiger partial charge is 0.318 e. The first-order chi connectivity index (χ1) is 18.0. The van der Waals surface area contributed by atoms with E-state index in [2.05, 4.69) is 10.6 Å². The third kappa shape index (κ3) is 5.77. The number of nitrogens with zero attached hydrogens (tertiary/aromatic N) is 1. The zero-order chi connectivity index (χ0) is 25.8. The molecule has 0 bridgehead atoms. The number of nitrogens with two attached hydrogens (primary N) is 1. The first kappa shape index (κ1) is 24.8. The molecule has 7 nitrogen and oxygen atoms in total. The van der Waals surface area contributed by atoms with Crippen LogP contribution < -0.4 is 16.4 Å². The molecule has 192 valence electrons. The van der Waals surface area contributed by atoms with Gasteiger partial charge in [-0.05, 0) is 40.3 Å². The van der Waals surface area contributed by atoms with Crippen LogP contribution in [0.1, 0.15) is 48.8 Å². The van der Waals surface area contributed by atoms with Crippen molar-refractivity contribution in [3.05, 3.63) is 83.4 Å². The largest absolute Gasteiger partial charge is 0.368 e. The SMILES string of the molecule is NC(=O)C(Cc1ccc2ccccc2c1)NC(=O)[C@@H]1Cc2ccccc2CN1C(=O)NC1CCCCC1. The molecule has 0 radical (unpaired) electrons. The number of hydrogen-bond donors (Lipinski definition) is 3. The quantitative estimate of drug-likeness (QED) is 0.481. The van der Waals surface area contributed by atoms with E-state index in [9.17, 15) is 14.4 Å². The van der Waals surface area contributed by atoms with Gasteiger partial charge < -0.3 is 21.3 Å². The van der Waals surface area contributed by atoms with Gasteiger partial charge in [0.1, 0.15) is 12.1 Å². The summed E-state index contributed by atoms with van der Waals surface area (Å²) in [4.78, 5) is 40.9. The fourth-order valence-electron chi connectivity index (χ4n) is 5.57. The van der Waals surface area contributed by atoms with E-state index in [1.54, 1.807) is 4.90 Å². The van der Waals surface area contributed by atoms with Gasteiger partial charge in [-0.25, -0.2) is 4.79 Å². The molecule has 2 atom stereocenters.